The maximum absolute atomic E-state index is 8.97. The van der Waals surface area contributed by atoms with Gasteiger partial charge in [-0.15, -0.1) is 0 Å². The maximum atomic E-state index is 8.97. The Balaban J connectivity index is 2.37. The summed E-state index contributed by atoms with van der Waals surface area (Å²) in [6.07, 6.45) is 0. The largest absolute Gasteiger partial charge is 0.707 e. The number of benzene rings is 3. The fraction of sp³-hybridized carbons (Fsp3) is 0. The van der Waals surface area contributed by atoms with Crippen LogP contribution in [0.15, 0.2) is 53.0 Å². The van der Waals surface area contributed by atoms with Crippen LogP contribution in [0.4, 0.5) is 0 Å². The highest BCUT2D eigenvalue weighted by Crippen LogP contribution is 2.36. The van der Waals surface area contributed by atoms with Gasteiger partial charge < -0.3 is 14.7 Å². The lowest BCUT2D eigenvalue weighted by Gasteiger charge is -2.11. The zero-order valence-electron chi connectivity index (χ0n) is 9.88. The van der Waals surface area contributed by atoms with Crippen molar-refractivity contribution in [1.82, 2.24) is 0 Å². The van der Waals surface area contributed by atoms with Crippen molar-refractivity contribution in [1.29, 1.82) is 0 Å². The van der Waals surface area contributed by atoms with Gasteiger partial charge in [-0.25, -0.2) is 0 Å². The van der Waals surface area contributed by atoms with E-state index >= 15 is 0 Å². The normalized spacial score (nSPS) is 10.9. The van der Waals surface area contributed by atoms with Crippen LogP contribution in [-0.2, 0) is 0 Å². The van der Waals surface area contributed by atoms with E-state index in [0.29, 0.717) is 5.75 Å². The minimum Gasteiger partial charge on any atom is -0.512 e. The molecule has 0 heterocycles. The zero-order valence-corrected chi connectivity index (χ0v) is 11.5. The lowest BCUT2D eigenvalue weighted by atomic mass is 10.0. The molecule has 3 nitrogen and oxygen atoms in total. The van der Waals surface area contributed by atoms with Gasteiger partial charge in [0.05, 0.1) is 0 Å². The van der Waals surface area contributed by atoms with E-state index in [0.717, 1.165) is 26.0 Å². The minimum atomic E-state index is -1.82. The average molecular weight is 317 g/mol. The van der Waals surface area contributed by atoms with Crippen LogP contribution >= 0.6 is 15.9 Å². The van der Waals surface area contributed by atoms with Crippen molar-refractivity contribution in [3.05, 3.63) is 53.0 Å². The van der Waals surface area contributed by atoms with Crippen LogP contribution in [0.5, 0.6) is 5.75 Å². The molecule has 0 amide bonds. The molecule has 0 aliphatic rings. The summed E-state index contributed by atoms with van der Waals surface area (Å²) < 4.78 is 5.99. The van der Waals surface area contributed by atoms with Crippen LogP contribution in [0.3, 0.4) is 0 Å². The SMILES string of the molecule is OB(O)Oc1cccc2c(Br)c3ccccc3cc12. The summed E-state index contributed by atoms with van der Waals surface area (Å²) in [5.41, 5.74) is 0. The van der Waals surface area contributed by atoms with Crippen LogP contribution < -0.4 is 4.65 Å². The van der Waals surface area contributed by atoms with E-state index in [1.54, 1.807) is 6.07 Å². The van der Waals surface area contributed by atoms with Gasteiger partial charge in [-0.1, -0.05) is 36.4 Å². The number of rotatable bonds is 2. The van der Waals surface area contributed by atoms with E-state index in [9.17, 15) is 0 Å². The fourth-order valence-electron chi connectivity index (χ4n) is 2.22. The number of hydrogen-bond donors (Lipinski definition) is 2. The molecule has 0 fully saturated rings. The second-order valence-corrected chi connectivity index (χ2v) is 5.00. The second kappa shape index (κ2) is 4.85. The molecule has 94 valence electrons. The van der Waals surface area contributed by atoms with Crippen molar-refractivity contribution < 1.29 is 14.7 Å². The summed E-state index contributed by atoms with van der Waals surface area (Å²) in [4.78, 5) is 0. The molecular weight excluding hydrogens is 307 g/mol. The van der Waals surface area contributed by atoms with Gasteiger partial charge in [-0.2, -0.15) is 0 Å². The maximum Gasteiger partial charge on any atom is 0.707 e. The molecular formula is C14H10BBrO3. The van der Waals surface area contributed by atoms with Crippen molar-refractivity contribution in [3.63, 3.8) is 0 Å². The monoisotopic (exact) mass is 316 g/mol. The average Bonchev–Trinajstić information content (AvgIpc) is 2.40. The lowest BCUT2D eigenvalue weighted by molar-refractivity contribution is 0.289. The van der Waals surface area contributed by atoms with E-state index in [-0.39, 0.29) is 0 Å². The van der Waals surface area contributed by atoms with E-state index < -0.39 is 7.32 Å². The smallest absolute Gasteiger partial charge is 0.512 e. The summed E-state index contributed by atoms with van der Waals surface area (Å²) in [5, 5.41) is 21.9. The molecule has 0 unspecified atom stereocenters. The molecule has 0 radical (unpaired) electrons. The first kappa shape index (κ1) is 12.5. The summed E-state index contributed by atoms with van der Waals surface area (Å²) in [7, 11) is -1.82. The zero-order chi connectivity index (χ0) is 13.4. The highest BCUT2D eigenvalue weighted by atomic mass is 79.9. The van der Waals surface area contributed by atoms with Gasteiger partial charge in [0.15, 0.2) is 0 Å². The van der Waals surface area contributed by atoms with Gasteiger partial charge in [0.2, 0.25) is 0 Å². The molecule has 19 heavy (non-hydrogen) atoms. The third-order valence-corrected chi connectivity index (χ3v) is 3.89. The number of hydrogen-bond acceptors (Lipinski definition) is 3. The summed E-state index contributed by atoms with van der Waals surface area (Å²) in [6, 6.07) is 15.5. The molecule has 0 spiro atoms. The van der Waals surface area contributed by atoms with E-state index in [2.05, 4.69) is 15.9 Å². The quantitative estimate of drug-likeness (QED) is 0.564. The van der Waals surface area contributed by atoms with Crippen molar-refractivity contribution >= 4 is 44.8 Å². The van der Waals surface area contributed by atoms with Crippen LogP contribution in [0.1, 0.15) is 0 Å². The Morgan fingerprint density at radius 2 is 1.63 bits per heavy atom. The van der Waals surface area contributed by atoms with Crippen molar-refractivity contribution in [2.45, 2.75) is 0 Å². The number of fused-ring (bicyclic) bond motifs is 2. The minimum absolute atomic E-state index is 0.443. The molecule has 0 aromatic heterocycles. The highest BCUT2D eigenvalue weighted by Gasteiger charge is 2.15. The van der Waals surface area contributed by atoms with Crippen LogP contribution in [-0.4, -0.2) is 17.4 Å². The van der Waals surface area contributed by atoms with Crippen molar-refractivity contribution in [3.8, 4) is 5.75 Å². The highest BCUT2D eigenvalue weighted by molar-refractivity contribution is 9.10. The molecule has 5 heteroatoms. The Morgan fingerprint density at radius 1 is 0.895 bits per heavy atom. The Kier molecular flexibility index (Phi) is 3.18. The van der Waals surface area contributed by atoms with Gasteiger partial charge >= 0.3 is 7.32 Å². The third-order valence-electron chi connectivity index (χ3n) is 3.03. The fourth-order valence-corrected chi connectivity index (χ4v) is 2.93. The Morgan fingerprint density at radius 3 is 2.42 bits per heavy atom. The Labute approximate surface area is 118 Å². The molecule has 3 aromatic rings. The topological polar surface area (TPSA) is 49.7 Å². The van der Waals surface area contributed by atoms with Crippen LogP contribution in [0.2, 0.25) is 0 Å². The molecule has 0 saturated carbocycles. The first-order valence-electron chi connectivity index (χ1n) is 5.79. The van der Waals surface area contributed by atoms with Gasteiger partial charge in [0.1, 0.15) is 5.75 Å². The van der Waals surface area contributed by atoms with Gasteiger partial charge in [-0.3, -0.25) is 0 Å². The van der Waals surface area contributed by atoms with E-state index in [1.807, 2.05) is 42.5 Å². The predicted molar refractivity (Wildman–Crippen MR) is 80.0 cm³/mol. The van der Waals surface area contributed by atoms with Crippen molar-refractivity contribution in [2.75, 3.05) is 0 Å². The summed E-state index contributed by atoms with van der Waals surface area (Å²) in [6.45, 7) is 0. The molecule has 3 rings (SSSR count). The van der Waals surface area contributed by atoms with E-state index in [1.165, 1.54) is 0 Å². The van der Waals surface area contributed by atoms with Gasteiger partial charge in [0.25, 0.3) is 0 Å². The van der Waals surface area contributed by atoms with E-state index in [4.69, 9.17) is 14.7 Å². The molecule has 0 atom stereocenters. The molecule has 2 N–H and O–H groups in total. The van der Waals surface area contributed by atoms with Crippen LogP contribution in [0.25, 0.3) is 21.5 Å². The second-order valence-electron chi connectivity index (χ2n) is 4.21. The lowest BCUT2D eigenvalue weighted by Crippen LogP contribution is -2.20. The molecule has 0 aliphatic carbocycles. The predicted octanol–water partition coefficient (Wildman–Crippen LogP) is 3.10. The molecule has 0 saturated heterocycles. The molecule has 3 aromatic carbocycles. The summed E-state index contributed by atoms with van der Waals surface area (Å²) >= 11 is 3.60. The first-order valence-corrected chi connectivity index (χ1v) is 6.59. The standard InChI is InChI=1S/C14H10BBrO3/c16-14-10-5-2-1-4-9(10)8-12-11(14)6-3-7-13(12)19-15(17)18/h1-8,17-18H. The molecule has 0 aliphatic heterocycles. The summed E-state index contributed by atoms with van der Waals surface area (Å²) in [5.74, 6) is 0.443. The first-order chi connectivity index (χ1) is 9.16. The van der Waals surface area contributed by atoms with Crippen molar-refractivity contribution in [2.24, 2.45) is 0 Å². The molecule has 0 bridgehead atoms. The third kappa shape index (κ3) is 2.21. The Bertz CT molecular complexity index is 758. The Hall–Kier alpha value is -1.56. The van der Waals surface area contributed by atoms with Crippen LogP contribution in [0, 0.1) is 0 Å². The van der Waals surface area contributed by atoms with Gasteiger partial charge in [0, 0.05) is 15.2 Å². The number of halogens is 1. The van der Waals surface area contributed by atoms with Gasteiger partial charge in [-0.05, 0) is 38.8 Å².